The molecule has 1 aromatic rings. The van der Waals surface area contributed by atoms with Crippen LogP contribution < -0.4 is 16.6 Å². The Morgan fingerprint density at radius 1 is 1.29 bits per heavy atom. The van der Waals surface area contributed by atoms with Crippen molar-refractivity contribution in [2.24, 2.45) is 5.84 Å². The van der Waals surface area contributed by atoms with E-state index in [2.05, 4.69) is 10.7 Å². The van der Waals surface area contributed by atoms with Gasteiger partial charge in [0.15, 0.2) is 0 Å². The number of alkyl halides is 3. The second kappa shape index (κ2) is 5.53. The van der Waals surface area contributed by atoms with Crippen molar-refractivity contribution in [2.75, 3.05) is 12.0 Å². The number of carbonyl (C=O) groups excluding carboxylic acids is 1. The summed E-state index contributed by atoms with van der Waals surface area (Å²) in [5.41, 5.74) is 2.86. The van der Waals surface area contributed by atoms with E-state index >= 15 is 0 Å². The van der Waals surface area contributed by atoms with Gasteiger partial charge in [-0.05, 0) is 12.1 Å². The smallest absolute Gasteiger partial charge is 0.352 e. The van der Waals surface area contributed by atoms with Gasteiger partial charge in [0.2, 0.25) is 0 Å². The Kier molecular flexibility index (Phi) is 4.33. The van der Waals surface area contributed by atoms with Gasteiger partial charge in [-0.2, -0.15) is 13.2 Å². The molecule has 1 rings (SSSR count). The van der Waals surface area contributed by atoms with E-state index in [0.717, 1.165) is 0 Å². The van der Waals surface area contributed by atoms with Gasteiger partial charge in [-0.1, -0.05) is 12.1 Å². The Labute approximate surface area is 96.0 Å². The maximum absolute atomic E-state index is 11.9. The second-order valence-corrected chi connectivity index (χ2v) is 3.31. The highest BCUT2D eigenvalue weighted by atomic mass is 19.4. The van der Waals surface area contributed by atoms with Crippen LogP contribution in [-0.4, -0.2) is 18.6 Å². The van der Waals surface area contributed by atoms with Crippen molar-refractivity contribution in [1.82, 2.24) is 5.32 Å². The third-order valence-corrected chi connectivity index (χ3v) is 2.02. The second-order valence-electron chi connectivity index (χ2n) is 3.31. The highest BCUT2D eigenvalue weighted by molar-refractivity contribution is 5.99. The summed E-state index contributed by atoms with van der Waals surface area (Å²) in [6.45, 7) is -0.457. The van der Waals surface area contributed by atoms with E-state index in [4.69, 9.17) is 5.84 Å². The van der Waals surface area contributed by atoms with Crippen LogP contribution in [0, 0.1) is 0 Å². The summed E-state index contributed by atoms with van der Waals surface area (Å²) in [6, 6.07) is 6.28. The summed E-state index contributed by atoms with van der Waals surface area (Å²) in [6.07, 6.45) is -5.34. The molecule has 0 bridgehead atoms. The Morgan fingerprint density at radius 3 is 2.53 bits per heavy atom. The number of amides is 1. The number of hydrazine groups is 1. The number of nitrogens with two attached hydrogens (primary N) is 1. The zero-order valence-electron chi connectivity index (χ0n) is 8.84. The fourth-order valence-electron chi connectivity index (χ4n) is 1.22. The van der Waals surface area contributed by atoms with E-state index in [1.54, 1.807) is 18.2 Å². The lowest BCUT2D eigenvalue weighted by Crippen LogP contribution is -2.28. The minimum atomic E-state index is -4.28. The lowest BCUT2D eigenvalue weighted by Gasteiger charge is -2.10. The van der Waals surface area contributed by atoms with Gasteiger partial charge in [-0.3, -0.25) is 10.6 Å². The number of nitrogen functional groups attached to an aromatic ring is 1. The zero-order chi connectivity index (χ0) is 12.9. The number of carbonyl (C=O) groups is 1. The summed E-state index contributed by atoms with van der Waals surface area (Å²) in [4.78, 5) is 11.5. The molecular formula is C10H12F3N3O. The van der Waals surface area contributed by atoms with Crippen molar-refractivity contribution in [3.05, 3.63) is 29.8 Å². The van der Waals surface area contributed by atoms with Crippen LogP contribution in [0.15, 0.2) is 24.3 Å². The molecule has 94 valence electrons. The van der Waals surface area contributed by atoms with Gasteiger partial charge in [-0.25, -0.2) is 0 Å². The number of nitrogens with one attached hydrogen (secondary N) is 2. The normalized spacial score (nSPS) is 11.1. The molecule has 0 saturated carbocycles. The molecular weight excluding hydrogens is 235 g/mol. The van der Waals surface area contributed by atoms with Crippen molar-refractivity contribution < 1.29 is 18.0 Å². The third-order valence-electron chi connectivity index (χ3n) is 2.02. The monoisotopic (exact) mass is 247 g/mol. The predicted octanol–water partition coefficient (Wildman–Crippen LogP) is 1.65. The highest BCUT2D eigenvalue weighted by Crippen LogP contribution is 2.18. The third kappa shape index (κ3) is 4.31. The number of hydrogen-bond acceptors (Lipinski definition) is 3. The molecule has 1 aromatic carbocycles. The van der Waals surface area contributed by atoms with Crippen LogP contribution in [0.5, 0.6) is 0 Å². The van der Waals surface area contributed by atoms with Crippen molar-refractivity contribution >= 4 is 11.6 Å². The summed E-state index contributed by atoms with van der Waals surface area (Å²) in [5.74, 6) is 4.58. The molecule has 17 heavy (non-hydrogen) atoms. The fourth-order valence-corrected chi connectivity index (χ4v) is 1.22. The molecule has 0 aliphatic rings. The maximum Gasteiger partial charge on any atom is 0.390 e. The van der Waals surface area contributed by atoms with Crippen molar-refractivity contribution in [3.8, 4) is 0 Å². The molecule has 0 fully saturated rings. The Balaban J connectivity index is 2.58. The number of halogens is 3. The summed E-state index contributed by atoms with van der Waals surface area (Å²) >= 11 is 0. The summed E-state index contributed by atoms with van der Waals surface area (Å²) in [7, 11) is 0. The fraction of sp³-hybridized carbons (Fsp3) is 0.300. The van der Waals surface area contributed by atoms with Gasteiger partial charge >= 0.3 is 6.18 Å². The Hall–Kier alpha value is -1.76. The van der Waals surface area contributed by atoms with Gasteiger partial charge in [0, 0.05) is 6.54 Å². The van der Waals surface area contributed by atoms with E-state index < -0.39 is 25.0 Å². The first-order chi connectivity index (χ1) is 7.94. The molecule has 0 saturated heterocycles. The number of rotatable bonds is 4. The Morgan fingerprint density at radius 2 is 1.94 bits per heavy atom. The van der Waals surface area contributed by atoms with Crippen LogP contribution in [-0.2, 0) is 0 Å². The predicted molar refractivity (Wildman–Crippen MR) is 57.3 cm³/mol. The topological polar surface area (TPSA) is 67.1 Å². The summed E-state index contributed by atoms with van der Waals surface area (Å²) < 4.78 is 35.6. The number of para-hydroxylation sites is 1. The minimum Gasteiger partial charge on any atom is -0.352 e. The Bertz CT molecular complexity index is 393. The average molecular weight is 247 g/mol. The SMILES string of the molecule is NNc1ccccc1C(=O)NCCC(F)(F)F. The molecule has 0 aliphatic heterocycles. The first-order valence-corrected chi connectivity index (χ1v) is 4.84. The van der Waals surface area contributed by atoms with E-state index in [1.165, 1.54) is 6.07 Å². The van der Waals surface area contributed by atoms with E-state index in [1.807, 2.05) is 0 Å². The van der Waals surface area contributed by atoms with Gasteiger partial charge < -0.3 is 10.7 Å². The van der Waals surface area contributed by atoms with E-state index in [0.29, 0.717) is 5.69 Å². The van der Waals surface area contributed by atoms with E-state index in [-0.39, 0.29) is 5.56 Å². The van der Waals surface area contributed by atoms with Gasteiger partial charge in [-0.15, -0.1) is 0 Å². The van der Waals surface area contributed by atoms with Gasteiger partial charge in [0.1, 0.15) is 0 Å². The van der Waals surface area contributed by atoms with Gasteiger partial charge in [0.05, 0.1) is 17.7 Å². The average Bonchev–Trinajstić information content (AvgIpc) is 2.27. The van der Waals surface area contributed by atoms with E-state index in [9.17, 15) is 18.0 Å². The van der Waals surface area contributed by atoms with Crippen molar-refractivity contribution in [3.63, 3.8) is 0 Å². The first-order valence-electron chi connectivity index (χ1n) is 4.84. The first kappa shape index (κ1) is 13.3. The number of hydrogen-bond donors (Lipinski definition) is 3. The molecule has 4 nitrogen and oxygen atoms in total. The molecule has 1 amide bonds. The molecule has 0 spiro atoms. The number of benzene rings is 1. The van der Waals surface area contributed by atoms with Crippen molar-refractivity contribution in [2.45, 2.75) is 12.6 Å². The van der Waals surface area contributed by atoms with Crippen LogP contribution in [0.4, 0.5) is 18.9 Å². The largest absolute Gasteiger partial charge is 0.390 e. The molecule has 7 heteroatoms. The quantitative estimate of drug-likeness (QED) is 0.560. The zero-order valence-corrected chi connectivity index (χ0v) is 8.84. The lowest BCUT2D eigenvalue weighted by atomic mass is 10.1. The molecule has 0 atom stereocenters. The molecule has 0 aromatic heterocycles. The highest BCUT2D eigenvalue weighted by Gasteiger charge is 2.26. The number of anilines is 1. The minimum absolute atomic E-state index is 0.206. The molecule has 4 N–H and O–H groups in total. The summed E-state index contributed by atoms with van der Waals surface area (Å²) in [5, 5.41) is 2.18. The van der Waals surface area contributed by atoms with Crippen LogP contribution in [0.3, 0.4) is 0 Å². The molecule has 0 heterocycles. The van der Waals surface area contributed by atoms with Crippen LogP contribution in [0.1, 0.15) is 16.8 Å². The van der Waals surface area contributed by atoms with Crippen LogP contribution in [0.2, 0.25) is 0 Å². The maximum atomic E-state index is 11.9. The van der Waals surface area contributed by atoms with Crippen LogP contribution >= 0.6 is 0 Å². The van der Waals surface area contributed by atoms with Crippen molar-refractivity contribution in [1.29, 1.82) is 0 Å². The molecule has 0 aliphatic carbocycles. The lowest BCUT2D eigenvalue weighted by molar-refractivity contribution is -0.132. The van der Waals surface area contributed by atoms with Crippen LogP contribution in [0.25, 0.3) is 0 Å². The van der Waals surface area contributed by atoms with Gasteiger partial charge in [0.25, 0.3) is 5.91 Å². The standard InChI is InChI=1S/C10H12F3N3O/c11-10(12,13)5-6-15-9(17)7-3-1-2-4-8(7)16-14/h1-4,16H,5-6,14H2,(H,15,17). The molecule has 0 radical (unpaired) electrons. The molecule has 0 unspecified atom stereocenters.